The lowest BCUT2D eigenvalue weighted by Gasteiger charge is -2.08. The maximum Gasteiger partial charge on any atom is 0.326 e. The summed E-state index contributed by atoms with van der Waals surface area (Å²) in [4.78, 5) is 25.7. The zero-order valence-electron chi connectivity index (χ0n) is 17.6. The van der Waals surface area contributed by atoms with Crippen LogP contribution in [-0.4, -0.2) is 49.9 Å². The van der Waals surface area contributed by atoms with Gasteiger partial charge >= 0.3 is 5.69 Å². The number of imidazole rings is 1. The van der Waals surface area contributed by atoms with E-state index in [1.165, 1.54) is 0 Å². The number of hydrogen-bond acceptors (Lipinski definition) is 7. The van der Waals surface area contributed by atoms with Crippen LogP contribution in [0.5, 0.6) is 5.88 Å². The second-order valence-corrected chi connectivity index (χ2v) is 9.78. The number of anilines is 1. The van der Waals surface area contributed by atoms with Gasteiger partial charge in [-0.25, -0.2) is 18.2 Å². The Bertz CT molecular complexity index is 1650. The standard InChI is InChI=1S/C21H21N7O4S/c1-2-33(31,32)27-15-5-3-4-12(8-15)16-10-18(23-14-6-7-14)28-19(24-16)13(11-22-28)9-17-20(29)26-21(30)25-17/h3-5,8-11,14,27,29H,2,6-7H2,1H3,(H2,25,26,30). The molecule has 3 aromatic heterocycles. The van der Waals surface area contributed by atoms with Crippen molar-refractivity contribution in [3.05, 3.63) is 63.4 Å². The fraction of sp³-hybridized carbons (Fsp3) is 0.238. The number of aromatic nitrogens is 5. The number of hydrogen-bond donors (Lipinski definition) is 4. The van der Waals surface area contributed by atoms with E-state index in [1.54, 1.807) is 41.9 Å². The van der Waals surface area contributed by atoms with Gasteiger partial charge < -0.3 is 10.1 Å². The third-order valence-corrected chi connectivity index (χ3v) is 6.50. The summed E-state index contributed by atoms with van der Waals surface area (Å²) in [5.74, 6) is -0.316. The Hall–Kier alpha value is -3.93. The normalized spacial score (nSPS) is 15.4. The first kappa shape index (κ1) is 20.9. The molecule has 0 amide bonds. The zero-order valence-corrected chi connectivity index (χ0v) is 18.4. The predicted molar refractivity (Wildman–Crippen MR) is 122 cm³/mol. The summed E-state index contributed by atoms with van der Waals surface area (Å²) in [6.45, 7) is 1.57. The molecule has 3 heterocycles. The van der Waals surface area contributed by atoms with Crippen LogP contribution < -0.4 is 21.1 Å². The van der Waals surface area contributed by atoms with E-state index in [1.807, 2.05) is 12.1 Å². The Morgan fingerprint density at radius 2 is 2.12 bits per heavy atom. The number of fused-ring (bicyclic) bond motifs is 1. The molecule has 12 heteroatoms. The van der Waals surface area contributed by atoms with Crippen molar-refractivity contribution >= 4 is 27.4 Å². The van der Waals surface area contributed by atoms with E-state index in [-0.39, 0.29) is 23.4 Å². The lowest BCUT2D eigenvalue weighted by molar-refractivity contribution is 0.454. The van der Waals surface area contributed by atoms with E-state index in [0.29, 0.717) is 33.3 Å². The molecule has 170 valence electrons. The summed E-state index contributed by atoms with van der Waals surface area (Å²) in [5.41, 5.74) is 2.49. The summed E-state index contributed by atoms with van der Waals surface area (Å²) in [7, 11) is -3.42. The molecule has 33 heavy (non-hydrogen) atoms. The summed E-state index contributed by atoms with van der Waals surface area (Å²) in [6, 6.07) is 9.01. The summed E-state index contributed by atoms with van der Waals surface area (Å²) >= 11 is 0. The van der Waals surface area contributed by atoms with Crippen LogP contribution in [-0.2, 0) is 10.0 Å². The molecule has 0 bridgehead atoms. The van der Waals surface area contributed by atoms with Gasteiger partial charge in [-0.2, -0.15) is 9.61 Å². The number of benzene rings is 1. The highest BCUT2D eigenvalue weighted by molar-refractivity contribution is 7.92. The molecule has 0 saturated heterocycles. The molecule has 0 atom stereocenters. The van der Waals surface area contributed by atoms with E-state index in [4.69, 9.17) is 9.98 Å². The van der Waals surface area contributed by atoms with Gasteiger partial charge in [0.2, 0.25) is 15.9 Å². The van der Waals surface area contributed by atoms with Crippen LogP contribution in [0, 0.1) is 0 Å². The van der Waals surface area contributed by atoms with E-state index < -0.39 is 15.7 Å². The first-order valence-electron chi connectivity index (χ1n) is 10.4. The highest BCUT2D eigenvalue weighted by Gasteiger charge is 2.20. The SMILES string of the molecule is CCS(=O)(=O)Nc1cccc(-c2cc(=NC3CC3)n3ncc(=Cc4[nH]c(=O)[nH]c4O)c3n2)c1. The lowest BCUT2D eigenvalue weighted by atomic mass is 10.1. The fourth-order valence-corrected chi connectivity index (χ4v) is 3.97. The summed E-state index contributed by atoms with van der Waals surface area (Å²) in [5, 5.41) is 14.9. The van der Waals surface area contributed by atoms with Gasteiger partial charge in [0.1, 0.15) is 5.69 Å². The number of nitrogens with one attached hydrogen (secondary N) is 3. The molecule has 0 spiro atoms. The Balaban J connectivity index is 1.69. The number of sulfonamides is 1. The highest BCUT2D eigenvalue weighted by atomic mass is 32.2. The van der Waals surface area contributed by atoms with Crippen LogP contribution in [0.3, 0.4) is 0 Å². The van der Waals surface area contributed by atoms with Gasteiger partial charge in [0.25, 0.3) is 0 Å². The van der Waals surface area contributed by atoms with Gasteiger partial charge in [-0.05, 0) is 38.0 Å². The van der Waals surface area contributed by atoms with Gasteiger partial charge in [-0.15, -0.1) is 0 Å². The molecule has 5 rings (SSSR count). The van der Waals surface area contributed by atoms with Crippen molar-refractivity contribution in [2.75, 3.05) is 10.5 Å². The van der Waals surface area contributed by atoms with Crippen molar-refractivity contribution in [2.24, 2.45) is 4.99 Å². The zero-order chi connectivity index (χ0) is 23.2. The molecule has 1 aliphatic carbocycles. The summed E-state index contributed by atoms with van der Waals surface area (Å²) in [6.07, 6.45) is 5.16. The Morgan fingerprint density at radius 1 is 1.30 bits per heavy atom. The average molecular weight is 468 g/mol. The molecule has 0 radical (unpaired) electrons. The number of aromatic amines is 2. The first-order valence-corrected chi connectivity index (χ1v) is 12.0. The van der Waals surface area contributed by atoms with Crippen LogP contribution in [0.1, 0.15) is 25.5 Å². The Labute approximate surface area is 187 Å². The van der Waals surface area contributed by atoms with Gasteiger partial charge in [0.05, 0.1) is 23.7 Å². The lowest BCUT2D eigenvalue weighted by Crippen LogP contribution is -2.19. The van der Waals surface area contributed by atoms with Crippen LogP contribution >= 0.6 is 0 Å². The monoisotopic (exact) mass is 467 g/mol. The molecular weight excluding hydrogens is 446 g/mol. The molecular formula is C21H21N7O4S. The van der Waals surface area contributed by atoms with Crippen LogP contribution in [0.15, 0.2) is 46.3 Å². The van der Waals surface area contributed by atoms with Gasteiger partial charge in [0.15, 0.2) is 11.1 Å². The minimum Gasteiger partial charge on any atom is -0.493 e. The minimum atomic E-state index is -3.42. The molecule has 1 saturated carbocycles. The largest absolute Gasteiger partial charge is 0.493 e. The van der Waals surface area contributed by atoms with E-state index >= 15 is 0 Å². The molecule has 1 aromatic carbocycles. The number of aromatic hydroxyl groups is 1. The average Bonchev–Trinajstić information content (AvgIpc) is 3.41. The van der Waals surface area contributed by atoms with Crippen molar-refractivity contribution in [1.82, 2.24) is 24.6 Å². The molecule has 0 aliphatic heterocycles. The molecule has 4 aromatic rings. The quantitative estimate of drug-likeness (QED) is 0.323. The first-order chi connectivity index (χ1) is 15.8. The molecule has 1 aliphatic rings. The highest BCUT2D eigenvalue weighted by Crippen LogP contribution is 2.24. The fourth-order valence-electron chi connectivity index (χ4n) is 3.34. The second-order valence-electron chi connectivity index (χ2n) is 7.77. The summed E-state index contributed by atoms with van der Waals surface area (Å²) < 4.78 is 28.1. The van der Waals surface area contributed by atoms with Gasteiger partial charge in [-0.1, -0.05) is 12.1 Å². The van der Waals surface area contributed by atoms with Crippen molar-refractivity contribution in [1.29, 1.82) is 0 Å². The Kier molecular flexibility index (Phi) is 5.01. The smallest absolute Gasteiger partial charge is 0.326 e. The second kappa shape index (κ2) is 7.89. The van der Waals surface area contributed by atoms with E-state index in [2.05, 4.69) is 19.8 Å². The third kappa shape index (κ3) is 4.37. The minimum absolute atomic E-state index is 0.0328. The maximum atomic E-state index is 12.0. The van der Waals surface area contributed by atoms with Gasteiger partial charge in [0, 0.05) is 22.5 Å². The van der Waals surface area contributed by atoms with Crippen LogP contribution in [0.2, 0.25) is 0 Å². The molecule has 0 unspecified atom stereocenters. The maximum absolute atomic E-state index is 12.0. The van der Waals surface area contributed by atoms with Crippen LogP contribution in [0.4, 0.5) is 5.69 Å². The van der Waals surface area contributed by atoms with Crippen molar-refractivity contribution in [3.63, 3.8) is 0 Å². The molecule has 1 fully saturated rings. The molecule has 11 nitrogen and oxygen atoms in total. The molecule has 4 N–H and O–H groups in total. The van der Waals surface area contributed by atoms with Crippen molar-refractivity contribution in [2.45, 2.75) is 25.8 Å². The van der Waals surface area contributed by atoms with E-state index in [9.17, 15) is 18.3 Å². The van der Waals surface area contributed by atoms with E-state index in [0.717, 1.165) is 12.8 Å². The number of rotatable bonds is 6. The topological polar surface area (TPSA) is 158 Å². The number of nitrogens with zero attached hydrogens (tertiary/aromatic N) is 4. The number of H-pyrrole nitrogens is 2. The van der Waals surface area contributed by atoms with Crippen LogP contribution in [0.25, 0.3) is 23.0 Å². The third-order valence-electron chi connectivity index (χ3n) is 5.19. The Morgan fingerprint density at radius 3 is 2.82 bits per heavy atom. The van der Waals surface area contributed by atoms with Crippen molar-refractivity contribution < 1.29 is 13.5 Å². The van der Waals surface area contributed by atoms with Gasteiger partial charge in [-0.3, -0.25) is 14.7 Å². The van der Waals surface area contributed by atoms with Crippen molar-refractivity contribution in [3.8, 4) is 17.1 Å². The predicted octanol–water partition coefficient (Wildman–Crippen LogP) is 0.491.